The summed E-state index contributed by atoms with van der Waals surface area (Å²) in [7, 11) is 0. The molecule has 0 fully saturated rings. The van der Waals surface area contributed by atoms with Crippen LogP contribution in [-0.4, -0.2) is 29.4 Å². The van der Waals surface area contributed by atoms with Gasteiger partial charge >= 0.3 is 0 Å². The second kappa shape index (κ2) is 8.60. The van der Waals surface area contributed by atoms with Gasteiger partial charge in [-0.1, -0.05) is 24.3 Å². The molecule has 0 spiro atoms. The van der Waals surface area contributed by atoms with Gasteiger partial charge in [-0.25, -0.2) is 0 Å². The van der Waals surface area contributed by atoms with Crippen LogP contribution >= 0.6 is 0 Å². The zero-order chi connectivity index (χ0) is 20.1. The van der Waals surface area contributed by atoms with E-state index in [1.54, 1.807) is 24.4 Å². The third-order valence-corrected chi connectivity index (χ3v) is 4.52. The van der Waals surface area contributed by atoms with Crippen LogP contribution in [0.4, 0.5) is 5.69 Å². The van der Waals surface area contributed by atoms with Gasteiger partial charge in [0.2, 0.25) is 5.91 Å². The lowest BCUT2D eigenvalue weighted by molar-refractivity contribution is -0.117. The van der Waals surface area contributed by atoms with Crippen LogP contribution in [0.1, 0.15) is 21.5 Å². The second-order valence-electron chi connectivity index (χ2n) is 6.53. The number of hydrogen-bond donors (Lipinski definition) is 4. The average Bonchev–Trinajstić information content (AvgIpc) is 2.72. The minimum atomic E-state index is -0.793. The lowest BCUT2D eigenvalue weighted by Crippen LogP contribution is -2.41. The number of nitrogens with zero attached hydrogens (tertiary/aromatic N) is 1. The summed E-state index contributed by atoms with van der Waals surface area (Å²) in [6.07, 6.45) is 1.74. The van der Waals surface area contributed by atoms with Gasteiger partial charge in [0.15, 0.2) is 0 Å². The van der Waals surface area contributed by atoms with Crippen LogP contribution in [0.15, 0.2) is 54.7 Å². The van der Waals surface area contributed by atoms with E-state index in [1.807, 2.05) is 37.3 Å². The minimum absolute atomic E-state index is 0.0466. The van der Waals surface area contributed by atoms with Crippen LogP contribution in [-0.2, 0) is 11.3 Å². The SMILES string of the molecule is Cc1ccc(NC(=O)[C@@H](N)CN)cc1C(=O)NCc1cccc2ncccc12. The zero-order valence-electron chi connectivity index (χ0n) is 15.6. The van der Waals surface area contributed by atoms with Gasteiger partial charge in [0.1, 0.15) is 0 Å². The topological polar surface area (TPSA) is 123 Å². The molecule has 0 radical (unpaired) electrons. The van der Waals surface area contributed by atoms with Crippen molar-refractivity contribution in [3.63, 3.8) is 0 Å². The Balaban J connectivity index is 1.75. The molecule has 3 rings (SSSR count). The average molecular weight is 377 g/mol. The van der Waals surface area contributed by atoms with Crippen molar-refractivity contribution >= 4 is 28.4 Å². The van der Waals surface area contributed by atoms with E-state index in [0.29, 0.717) is 17.8 Å². The monoisotopic (exact) mass is 377 g/mol. The van der Waals surface area contributed by atoms with Crippen LogP contribution in [0.5, 0.6) is 0 Å². The number of amides is 2. The number of anilines is 1. The Kier molecular flexibility index (Phi) is 5.98. The molecule has 0 saturated carbocycles. The molecule has 0 aliphatic heterocycles. The van der Waals surface area contributed by atoms with Crippen molar-refractivity contribution in [1.82, 2.24) is 10.3 Å². The lowest BCUT2D eigenvalue weighted by Gasteiger charge is -2.13. The van der Waals surface area contributed by atoms with E-state index < -0.39 is 6.04 Å². The fourth-order valence-electron chi connectivity index (χ4n) is 2.88. The summed E-state index contributed by atoms with van der Waals surface area (Å²) < 4.78 is 0. The number of benzene rings is 2. The Labute approximate surface area is 163 Å². The predicted molar refractivity (Wildman–Crippen MR) is 110 cm³/mol. The molecule has 1 aromatic heterocycles. The number of nitrogens with two attached hydrogens (primary N) is 2. The van der Waals surface area contributed by atoms with Crippen LogP contribution in [0.3, 0.4) is 0 Å². The summed E-state index contributed by atoms with van der Waals surface area (Å²) in [6, 6.07) is 14.0. The van der Waals surface area contributed by atoms with E-state index in [9.17, 15) is 9.59 Å². The van der Waals surface area contributed by atoms with Crippen LogP contribution in [0.25, 0.3) is 10.9 Å². The molecule has 2 aromatic carbocycles. The van der Waals surface area contributed by atoms with Crippen LogP contribution in [0.2, 0.25) is 0 Å². The van der Waals surface area contributed by atoms with Crippen molar-refractivity contribution in [1.29, 1.82) is 0 Å². The number of pyridine rings is 1. The van der Waals surface area contributed by atoms with Crippen molar-refractivity contribution in [3.05, 3.63) is 71.4 Å². The lowest BCUT2D eigenvalue weighted by atomic mass is 10.1. The number of hydrogen-bond acceptors (Lipinski definition) is 5. The fourth-order valence-corrected chi connectivity index (χ4v) is 2.88. The van der Waals surface area contributed by atoms with Gasteiger partial charge in [0.05, 0.1) is 11.6 Å². The van der Waals surface area contributed by atoms with Gasteiger partial charge in [-0.2, -0.15) is 0 Å². The first-order chi connectivity index (χ1) is 13.5. The van der Waals surface area contributed by atoms with E-state index in [-0.39, 0.29) is 18.4 Å². The Morgan fingerprint density at radius 1 is 1.14 bits per heavy atom. The van der Waals surface area contributed by atoms with E-state index in [1.165, 1.54) is 0 Å². The Hall–Kier alpha value is -3.29. The molecule has 7 heteroatoms. The van der Waals surface area contributed by atoms with Crippen molar-refractivity contribution in [2.24, 2.45) is 11.5 Å². The van der Waals surface area contributed by atoms with Crippen molar-refractivity contribution < 1.29 is 9.59 Å². The van der Waals surface area contributed by atoms with Crippen molar-refractivity contribution in [2.75, 3.05) is 11.9 Å². The first-order valence-corrected chi connectivity index (χ1v) is 8.97. The molecule has 0 aliphatic rings. The maximum absolute atomic E-state index is 12.7. The van der Waals surface area contributed by atoms with E-state index in [4.69, 9.17) is 11.5 Å². The maximum atomic E-state index is 12.7. The summed E-state index contributed by atoms with van der Waals surface area (Å²) in [5.74, 6) is -0.612. The summed E-state index contributed by atoms with van der Waals surface area (Å²) in [5.41, 5.74) is 14.7. The normalized spacial score (nSPS) is 11.8. The highest BCUT2D eigenvalue weighted by atomic mass is 16.2. The summed E-state index contributed by atoms with van der Waals surface area (Å²) in [5, 5.41) is 6.62. The summed E-state index contributed by atoms with van der Waals surface area (Å²) in [6.45, 7) is 2.26. The minimum Gasteiger partial charge on any atom is -0.348 e. The molecule has 3 aromatic rings. The fraction of sp³-hybridized carbons (Fsp3) is 0.190. The number of rotatable bonds is 6. The third kappa shape index (κ3) is 4.33. The molecule has 1 atom stereocenters. The van der Waals surface area contributed by atoms with E-state index >= 15 is 0 Å². The number of aromatic nitrogens is 1. The van der Waals surface area contributed by atoms with Gasteiger partial charge < -0.3 is 22.1 Å². The van der Waals surface area contributed by atoms with E-state index in [0.717, 1.165) is 22.0 Å². The number of nitrogens with one attached hydrogen (secondary N) is 2. The Morgan fingerprint density at radius 2 is 1.96 bits per heavy atom. The quantitative estimate of drug-likeness (QED) is 0.521. The molecule has 7 nitrogen and oxygen atoms in total. The molecule has 6 N–H and O–H groups in total. The molecule has 1 heterocycles. The first-order valence-electron chi connectivity index (χ1n) is 8.97. The molecule has 28 heavy (non-hydrogen) atoms. The third-order valence-electron chi connectivity index (χ3n) is 4.52. The van der Waals surface area contributed by atoms with Gasteiger partial charge in [-0.05, 0) is 42.3 Å². The summed E-state index contributed by atoms with van der Waals surface area (Å²) >= 11 is 0. The van der Waals surface area contributed by atoms with Gasteiger partial charge in [-0.15, -0.1) is 0 Å². The van der Waals surface area contributed by atoms with Gasteiger partial charge in [0, 0.05) is 35.9 Å². The molecule has 144 valence electrons. The highest BCUT2D eigenvalue weighted by Crippen LogP contribution is 2.18. The predicted octanol–water partition coefficient (Wildman–Crippen LogP) is 1.70. The first kappa shape index (κ1) is 19.5. The molecule has 0 saturated heterocycles. The largest absolute Gasteiger partial charge is 0.348 e. The highest BCUT2D eigenvalue weighted by Gasteiger charge is 2.14. The Bertz CT molecular complexity index is 1010. The standard InChI is InChI=1S/C21H23N5O2/c1-13-7-8-15(26-21(28)18(23)11-22)10-17(13)20(27)25-12-14-4-2-6-19-16(14)5-3-9-24-19/h2-10,18H,11-12,22-23H2,1H3,(H,25,27)(H,26,28)/t18-/m0/s1. The number of fused-ring (bicyclic) bond motifs is 1. The molecule has 0 unspecified atom stereocenters. The molecule has 0 aliphatic carbocycles. The number of aryl methyl sites for hydroxylation is 1. The highest BCUT2D eigenvalue weighted by molar-refractivity contribution is 5.99. The van der Waals surface area contributed by atoms with Crippen molar-refractivity contribution in [3.8, 4) is 0 Å². The molecular formula is C21H23N5O2. The second-order valence-corrected chi connectivity index (χ2v) is 6.53. The molecule has 2 amide bonds. The maximum Gasteiger partial charge on any atom is 0.251 e. The number of carbonyl (C=O) groups is 2. The molecule has 0 bridgehead atoms. The molecular weight excluding hydrogens is 354 g/mol. The smallest absolute Gasteiger partial charge is 0.251 e. The van der Waals surface area contributed by atoms with Gasteiger partial charge in [0.25, 0.3) is 5.91 Å². The van der Waals surface area contributed by atoms with Gasteiger partial charge in [-0.3, -0.25) is 14.6 Å². The number of carbonyl (C=O) groups excluding carboxylic acids is 2. The Morgan fingerprint density at radius 3 is 2.75 bits per heavy atom. The van der Waals surface area contributed by atoms with E-state index in [2.05, 4.69) is 15.6 Å². The van der Waals surface area contributed by atoms with Crippen molar-refractivity contribution in [2.45, 2.75) is 19.5 Å². The van der Waals surface area contributed by atoms with Crippen LogP contribution < -0.4 is 22.1 Å². The zero-order valence-corrected chi connectivity index (χ0v) is 15.6. The summed E-state index contributed by atoms with van der Waals surface area (Å²) in [4.78, 5) is 29.0. The van der Waals surface area contributed by atoms with Crippen LogP contribution in [0, 0.1) is 6.92 Å².